The summed E-state index contributed by atoms with van der Waals surface area (Å²) in [6, 6.07) is 5.58. The van der Waals surface area contributed by atoms with Gasteiger partial charge in [-0.15, -0.1) is 0 Å². The van der Waals surface area contributed by atoms with Crippen LogP contribution in [0.2, 0.25) is 0 Å². The Morgan fingerprint density at radius 2 is 2.04 bits per heavy atom. The van der Waals surface area contributed by atoms with Gasteiger partial charge in [-0.3, -0.25) is 4.98 Å². The minimum atomic E-state index is 0.0282. The molecule has 7 heteroatoms. The van der Waals surface area contributed by atoms with Crippen LogP contribution in [-0.2, 0) is 5.41 Å². The van der Waals surface area contributed by atoms with E-state index in [1.807, 2.05) is 25.4 Å². The van der Waals surface area contributed by atoms with Crippen molar-refractivity contribution in [3.8, 4) is 6.07 Å². The molecule has 3 heterocycles. The molecular weight excluding hydrogens is 332 g/mol. The zero-order valence-corrected chi connectivity index (χ0v) is 15.5. The molecule has 3 aromatic rings. The molecule has 0 aliphatic rings. The number of nitriles is 1. The largest absolute Gasteiger partial charge is 0.384 e. The second-order valence-electron chi connectivity index (χ2n) is 6.94. The highest BCUT2D eigenvalue weighted by molar-refractivity contribution is 7.99. The lowest BCUT2D eigenvalue weighted by molar-refractivity contribution is 0.595. The molecule has 25 heavy (non-hydrogen) atoms. The quantitative estimate of drug-likeness (QED) is 0.546. The van der Waals surface area contributed by atoms with Crippen molar-refractivity contribution in [1.82, 2.24) is 19.9 Å². The minimum absolute atomic E-state index is 0.0282. The number of rotatable bonds is 3. The molecule has 3 rings (SSSR count). The molecule has 0 aromatic carbocycles. The third-order valence-corrected chi connectivity index (χ3v) is 4.92. The highest BCUT2D eigenvalue weighted by Gasteiger charge is 2.20. The molecule has 6 nitrogen and oxygen atoms in total. The summed E-state index contributed by atoms with van der Waals surface area (Å²) in [6.45, 7) is 8.62. The smallest absolute Gasteiger partial charge is 0.191 e. The van der Waals surface area contributed by atoms with E-state index in [0.29, 0.717) is 11.0 Å². The Hall–Kier alpha value is -2.59. The third-order valence-electron chi connectivity index (χ3n) is 3.93. The molecule has 0 saturated carbocycles. The second kappa shape index (κ2) is 6.37. The van der Waals surface area contributed by atoms with Crippen molar-refractivity contribution in [3.05, 3.63) is 41.5 Å². The van der Waals surface area contributed by atoms with Crippen molar-refractivity contribution in [3.63, 3.8) is 0 Å². The van der Waals surface area contributed by atoms with Crippen LogP contribution in [0.1, 0.15) is 49.9 Å². The maximum absolute atomic E-state index is 9.02. The normalized spacial score (nSPS) is 12.9. The highest BCUT2D eigenvalue weighted by Crippen LogP contribution is 2.35. The average Bonchev–Trinajstić information content (AvgIpc) is 2.97. The summed E-state index contributed by atoms with van der Waals surface area (Å²) >= 11 is 1.44. The molecule has 0 bridgehead atoms. The first kappa shape index (κ1) is 17.2. The number of aromatic amines is 1. The first-order valence-corrected chi connectivity index (χ1v) is 8.84. The number of H-pyrrole nitrogens is 1. The summed E-state index contributed by atoms with van der Waals surface area (Å²) < 4.78 is 0. The Kier molecular flexibility index (Phi) is 4.39. The molecule has 1 unspecified atom stereocenters. The van der Waals surface area contributed by atoms with Gasteiger partial charge in [0.25, 0.3) is 0 Å². The Balaban J connectivity index is 1.93. The molecule has 0 saturated heterocycles. The summed E-state index contributed by atoms with van der Waals surface area (Å²) in [5, 5.41) is 10.7. The van der Waals surface area contributed by atoms with Crippen molar-refractivity contribution in [2.75, 3.05) is 5.73 Å². The van der Waals surface area contributed by atoms with Gasteiger partial charge in [0.15, 0.2) is 5.16 Å². The number of thioether (sulfide) groups is 1. The molecule has 1 atom stereocenters. The van der Waals surface area contributed by atoms with E-state index in [9.17, 15) is 0 Å². The first-order chi connectivity index (χ1) is 11.8. The molecule has 0 aliphatic heterocycles. The fourth-order valence-corrected chi connectivity index (χ4v) is 3.53. The van der Waals surface area contributed by atoms with Crippen molar-refractivity contribution in [1.29, 1.82) is 5.26 Å². The van der Waals surface area contributed by atoms with Crippen LogP contribution in [0.3, 0.4) is 0 Å². The Labute approximate surface area is 150 Å². The van der Waals surface area contributed by atoms with Crippen LogP contribution in [0.15, 0.2) is 29.7 Å². The number of nitrogens with two attached hydrogens (primary N) is 1. The number of pyridine rings is 1. The second-order valence-corrected chi connectivity index (χ2v) is 8.25. The molecule has 0 amide bonds. The van der Waals surface area contributed by atoms with Gasteiger partial charge in [-0.25, -0.2) is 9.97 Å². The van der Waals surface area contributed by atoms with E-state index in [1.165, 1.54) is 28.8 Å². The van der Waals surface area contributed by atoms with Crippen LogP contribution < -0.4 is 5.73 Å². The standard InChI is InChI=1S/C18H20N6S/c1-10(25-17-23-11(7-19)5-16(20)24-17)14-6-12-13(18(2,3)4)8-21-15(12)9-22-14/h5-6,8-10,21H,1-4H3,(H2,20,23,24). The Bertz CT molecular complexity index is 964. The van der Waals surface area contributed by atoms with Gasteiger partial charge in [0.05, 0.1) is 22.7 Å². The van der Waals surface area contributed by atoms with Crippen LogP contribution in [0.5, 0.6) is 0 Å². The summed E-state index contributed by atoms with van der Waals surface area (Å²) in [6.07, 6.45) is 3.91. The van der Waals surface area contributed by atoms with E-state index in [1.54, 1.807) is 0 Å². The van der Waals surface area contributed by atoms with Crippen LogP contribution >= 0.6 is 11.8 Å². The van der Waals surface area contributed by atoms with E-state index >= 15 is 0 Å². The fraction of sp³-hybridized carbons (Fsp3) is 0.333. The van der Waals surface area contributed by atoms with E-state index in [4.69, 9.17) is 11.0 Å². The molecule has 0 fully saturated rings. The van der Waals surface area contributed by atoms with Crippen molar-refractivity contribution >= 4 is 28.5 Å². The zero-order valence-electron chi connectivity index (χ0n) is 14.7. The lowest BCUT2D eigenvalue weighted by Crippen LogP contribution is -2.10. The van der Waals surface area contributed by atoms with Gasteiger partial charge >= 0.3 is 0 Å². The molecule has 128 valence electrons. The fourth-order valence-electron chi connectivity index (χ4n) is 2.65. The first-order valence-electron chi connectivity index (χ1n) is 7.97. The van der Waals surface area contributed by atoms with Gasteiger partial charge in [0, 0.05) is 17.6 Å². The number of aromatic nitrogens is 4. The van der Waals surface area contributed by atoms with Gasteiger partial charge in [0.2, 0.25) is 0 Å². The molecule has 0 aliphatic carbocycles. The summed E-state index contributed by atoms with van der Waals surface area (Å²) in [5.41, 5.74) is 9.28. The van der Waals surface area contributed by atoms with E-state index in [2.05, 4.69) is 46.8 Å². The van der Waals surface area contributed by atoms with Crippen molar-refractivity contribution < 1.29 is 0 Å². The predicted molar refractivity (Wildman–Crippen MR) is 100 cm³/mol. The lowest BCUT2D eigenvalue weighted by atomic mass is 9.87. The van der Waals surface area contributed by atoms with Crippen LogP contribution in [0, 0.1) is 11.3 Å². The molecule has 3 aromatic heterocycles. The van der Waals surface area contributed by atoms with Gasteiger partial charge in [0.1, 0.15) is 17.6 Å². The molecule has 0 spiro atoms. The Morgan fingerprint density at radius 1 is 1.28 bits per heavy atom. The van der Waals surface area contributed by atoms with Gasteiger partial charge in [-0.1, -0.05) is 32.5 Å². The topological polar surface area (TPSA) is 104 Å². The third kappa shape index (κ3) is 3.59. The van der Waals surface area contributed by atoms with Crippen molar-refractivity contribution in [2.45, 2.75) is 43.5 Å². The SMILES string of the molecule is CC(Sc1nc(N)cc(C#N)n1)c1cc2c(C(C)(C)C)c[nH]c2cn1. The Morgan fingerprint density at radius 3 is 2.72 bits per heavy atom. The van der Waals surface area contributed by atoms with E-state index in [0.717, 1.165) is 11.2 Å². The maximum atomic E-state index is 9.02. The number of nitrogens with one attached hydrogen (secondary N) is 1. The van der Waals surface area contributed by atoms with E-state index < -0.39 is 0 Å². The summed E-state index contributed by atoms with van der Waals surface area (Å²) in [7, 11) is 0. The average molecular weight is 352 g/mol. The van der Waals surface area contributed by atoms with Crippen LogP contribution in [0.25, 0.3) is 10.9 Å². The number of nitrogen functional groups attached to an aromatic ring is 1. The van der Waals surface area contributed by atoms with Crippen LogP contribution in [-0.4, -0.2) is 19.9 Å². The molecular formula is C18H20N6S. The number of anilines is 1. The minimum Gasteiger partial charge on any atom is -0.384 e. The number of nitrogens with zero attached hydrogens (tertiary/aromatic N) is 4. The lowest BCUT2D eigenvalue weighted by Gasteiger charge is -2.18. The number of hydrogen-bond donors (Lipinski definition) is 2. The van der Waals surface area contributed by atoms with Gasteiger partial charge in [-0.05, 0) is 24.0 Å². The summed E-state index contributed by atoms with van der Waals surface area (Å²) in [4.78, 5) is 16.3. The zero-order chi connectivity index (χ0) is 18.2. The van der Waals surface area contributed by atoms with Gasteiger partial charge in [-0.2, -0.15) is 5.26 Å². The van der Waals surface area contributed by atoms with Gasteiger partial charge < -0.3 is 10.7 Å². The van der Waals surface area contributed by atoms with Crippen LogP contribution in [0.4, 0.5) is 5.82 Å². The van der Waals surface area contributed by atoms with E-state index in [-0.39, 0.29) is 16.4 Å². The summed E-state index contributed by atoms with van der Waals surface area (Å²) in [5.74, 6) is 0.297. The maximum Gasteiger partial charge on any atom is 0.191 e. The monoisotopic (exact) mass is 352 g/mol. The van der Waals surface area contributed by atoms with Crippen molar-refractivity contribution in [2.24, 2.45) is 0 Å². The molecule has 0 radical (unpaired) electrons. The predicted octanol–water partition coefficient (Wildman–Crippen LogP) is 3.96. The highest BCUT2D eigenvalue weighted by atomic mass is 32.2. The number of fused-ring (bicyclic) bond motifs is 1. The molecule has 3 N–H and O–H groups in total. The number of hydrogen-bond acceptors (Lipinski definition) is 6.